The van der Waals surface area contributed by atoms with Crippen molar-refractivity contribution in [1.29, 1.82) is 0 Å². The van der Waals surface area contributed by atoms with E-state index in [9.17, 15) is 4.79 Å². The Hall–Kier alpha value is -1.52. The van der Waals surface area contributed by atoms with Crippen LogP contribution in [-0.4, -0.2) is 31.6 Å². The molecule has 1 amide bonds. The quantitative estimate of drug-likeness (QED) is 0.819. The monoisotopic (exact) mass is 321 g/mol. The summed E-state index contributed by atoms with van der Waals surface area (Å²) < 4.78 is 0. The summed E-state index contributed by atoms with van der Waals surface area (Å²) in [6.07, 6.45) is 4.29. The maximum Gasteiger partial charge on any atom is 0.243 e. The van der Waals surface area contributed by atoms with Gasteiger partial charge < -0.3 is 16.0 Å². The van der Waals surface area contributed by atoms with E-state index >= 15 is 0 Å². The Morgan fingerprint density at radius 1 is 1.59 bits per heavy atom. The highest BCUT2D eigenvalue weighted by Crippen LogP contribution is 2.29. The van der Waals surface area contributed by atoms with Crippen molar-refractivity contribution in [2.45, 2.75) is 26.3 Å². The van der Waals surface area contributed by atoms with Crippen LogP contribution in [0.15, 0.2) is 30.4 Å². The number of rotatable bonds is 5. The third-order valence-electron chi connectivity index (χ3n) is 3.91. The van der Waals surface area contributed by atoms with Gasteiger partial charge in [-0.3, -0.25) is 4.79 Å². The van der Waals surface area contributed by atoms with Crippen LogP contribution in [0.25, 0.3) is 0 Å². The van der Waals surface area contributed by atoms with Gasteiger partial charge in [-0.25, -0.2) is 0 Å². The number of nitrogens with zero attached hydrogens (tertiary/aromatic N) is 1. The summed E-state index contributed by atoms with van der Waals surface area (Å²) in [5.41, 5.74) is 8.01. The number of nitrogens with two attached hydrogens (primary N) is 1. The van der Waals surface area contributed by atoms with Crippen LogP contribution < -0.4 is 16.0 Å². The zero-order chi connectivity index (χ0) is 16.1. The molecule has 1 heterocycles. The van der Waals surface area contributed by atoms with E-state index in [4.69, 9.17) is 17.3 Å². The van der Waals surface area contributed by atoms with Gasteiger partial charge in [0.15, 0.2) is 0 Å². The van der Waals surface area contributed by atoms with Gasteiger partial charge in [0.1, 0.15) is 0 Å². The lowest BCUT2D eigenvalue weighted by atomic mass is 10.1. The molecule has 3 N–H and O–H groups in total. The fourth-order valence-electron chi connectivity index (χ4n) is 2.68. The van der Waals surface area contributed by atoms with E-state index in [2.05, 4.69) is 17.1 Å². The number of hydrogen-bond donors (Lipinski definition) is 2. The number of amides is 1. The number of aryl methyl sites for hydroxylation is 1. The number of halogens is 1. The first-order chi connectivity index (χ1) is 10.5. The van der Waals surface area contributed by atoms with E-state index in [1.807, 2.05) is 25.1 Å². The lowest BCUT2D eigenvalue weighted by molar-refractivity contribution is -0.116. The molecule has 1 aliphatic heterocycles. The van der Waals surface area contributed by atoms with E-state index in [-0.39, 0.29) is 11.9 Å². The van der Waals surface area contributed by atoms with E-state index in [0.29, 0.717) is 12.5 Å². The van der Waals surface area contributed by atoms with E-state index in [1.54, 1.807) is 6.08 Å². The topological polar surface area (TPSA) is 58.4 Å². The van der Waals surface area contributed by atoms with Gasteiger partial charge in [0.25, 0.3) is 0 Å². The molecule has 0 aliphatic carbocycles. The minimum absolute atomic E-state index is 0.0744. The predicted molar refractivity (Wildman–Crippen MR) is 92.3 cm³/mol. The second-order valence-electron chi connectivity index (χ2n) is 5.99. The highest BCUT2D eigenvalue weighted by molar-refractivity contribution is 6.30. The van der Waals surface area contributed by atoms with Crippen LogP contribution in [0.2, 0.25) is 5.02 Å². The Balaban J connectivity index is 1.85. The van der Waals surface area contributed by atoms with Crippen LogP contribution in [0.4, 0.5) is 5.69 Å². The molecule has 0 bridgehead atoms. The van der Waals surface area contributed by atoms with Crippen molar-refractivity contribution in [2.24, 2.45) is 11.7 Å². The molecule has 0 radical (unpaired) electrons. The molecule has 0 aromatic heterocycles. The SMILES string of the molecule is Cc1ccc(Cl)cc1N1CCC(CNC(=O)/C=C/C(C)N)C1. The van der Waals surface area contributed by atoms with Gasteiger partial charge in [0, 0.05) is 42.5 Å². The van der Waals surface area contributed by atoms with Gasteiger partial charge in [-0.05, 0) is 43.9 Å². The van der Waals surface area contributed by atoms with Gasteiger partial charge >= 0.3 is 0 Å². The smallest absolute Gasteiger partial charge is 0.243 e. The molecule has 0 spiro atoms. The first kappa shape index (κ1) is 16.8. The molecule has 1 aliphatic rings. The molecule has 1 aromatic carbocycles. The summed E-state index contributed by atoms with van der Waals surface area (Å²) in [6, 6.07) is 5.88. The molecular weight excluding hydrogens is 298 g/mol. The van der Waals surface area contributed by atoms with Crippen LogP contribution in [-0.2, 0) is 4.79 Å². The molecule has 2 atom stereocenters. The molecule has 120 valence electrons. The van der Waals surface area contributed by atoms with E-state index < -0.39 is 0 Å². The van der Waals surface area contributed by atoms with Crippen LogP contribution in [0.5, 0.6) is 0 Å². The lowest BCUT2D eigenvalue weighted by Crippen LogP contribution is -2.30. The van der Waals surface area contributed by atoms with Crippen molar-refractivity contribution < 1.29 is 4.79 Å². The molecule has 1 saturated heterocycles. The summed E-state index contributed by atoms with van der Waals surface area (Å²) in [5.74, 6) is 0.390. The number of carbonyl (C=O) groups is 1. The number of anilines is 1. The molecule has 5 heteroatoms. The first-order valence-corrected chi connectivity index (χ1v) is 8.06. The van der Waals surface area contributed by atoms with Gasteiger partial charge in [-0.1, -0.05) is 23.7 Å². The summed E-state index contributed by atoms with van der Waals surface area (Å²) in [6.45, 7) is 6.57. The maximum atomic E-state index is 11.7. The van der Waals surface area contributed by atoms with Gasteiger partial charge in [0.05, 0.1) is 0 Å². The normalized spacial score (nSPS) is 19.6. The Morgan fingerprint density at radius 2 is 2.36 bits per heavy atom. The molecule has 1 aromatic rings. The van der Waals surface area contributed by atoms with Crippen molar-refractivity contribution in [3.05, 3.63) is 40.9 Å². The largest absolute Gasteiger partial charge is 0.371 e. The van der Waals surface area contributed by atoms with Crippen LogP contribution >= 0.6 is 11.6 Å². The summed E-state index contributed by atoms with van der Waals surface area (Å²) in [4.78, 5) is 14.0. The fourth-order valence-corrected chi connectivity index (χ4v) is 2.85. The number of nitrogens with one attached hydrogen (secondary N) is 1. The Kier molecular flexibility index (Phi) is 5.86. The number of benzene rings is 1. The second-order valence-corrected chi connectivity index (χ2v) is 6.43. The maximum absolute atomic E-state index is 11.7. The predicted octanol–water partition coefficient (Wildman–Crippen LogP) is 2.49. The minimum Gasteiger partial charge on any atom is -0.371 e. The average molecular weight is 322 g/mol. The molecular formula is C17H24ClN3O. The van der Waals surface area contributed by atoms with Gasteiger partial charge in [-0.2, -0.15) is 0 Å². The molecule has 1 fully saturated rings. The molecule has 2 rings (SSSR count). The lowest BCUT2D eigenvalue weighted by Gasteiger charge is -2.21. The Bertz CT molecular complexity index is 557. The molecule has 0 saturated carbocycles. The zero-order valence-corrected chi connectivity index (χ0v) is 13.9. The third-order valence-corrected chi connectivity index (χ3v) is 4.15. The van der Waals surface area contributed by atoms with Crippen LogP contribution in [0.1, 0.15) is 18.9 Å². The molecule has 4 nitrogen and oxygen atoms in total. The summed E-state index contributed by atoms with van der Waals surface area (Å²) in [5, 5.41) is 3.71. The summed E-state index contributed by atoms with van der Waals surface area (Å²) in [7, 11) is 0. The van der Waals surface area contributed by atoms with Gasteiger partial charge in [0.2, 0.25) is 5.91 Å². The van der Waals surface area contributed by atoms with Crippen molar-refractivity contribution in [3.8, 4) is 0 Å². The highest BCUT2D eigenvalue weighted by atomic mass is 35.5. The minimum atomic E-state index is -0.0986. The van der Waals surface area contributed by atoms with Crippen LogP contribution in [0.3, 0.4) is 0 Å². The van der Waals surface area contributed by atoms with Crippen molar-refractivity contribution in [3.63, 3.8) is 0 Å². The second kappa shape index (κ2) is 7.65. The number of hydrogen-bond acceptors (Lipinski definition) is 3. The zero-order valence-electron chi connectivity index (χ0n) is 13.2. The van der Waals surface area contributed by atoms with Crippen molar-refractivity contribution in [1.82, 2.24) is 5.32 Å². The first-order valence-electron chi connectivity index (χ1n) is 7.68. The van der Waals surface area contributed by atoms with Crippen molar-refractivity contribution in [2.75, 3.05) is 24.5 Å². The van der Waals surface area contributed by atoms with E-state index in [0.717, 1.165) is 24.5 Å². The summed E-state index contributed by atoms with van der Waals surface area (Å²) >= 11 is 6.09. The molecule has 22 heavy (non-hydrogen) atoms. The van der Waals surface area contributed by atoms with Crippen molar-refractivity contribution >= 4 is 23.2 Å². The Labute approximate surface area is 137 Å². The highest BCUT2D eigenvalue weighted by Gasteiger charge is 2.23. The Morgan fingerprint density at radius 3 is 3.09 bits per heavy atom. The van der Waals surface area contributed by atoms with Gasteiger partial charge in [-0.15, -0.1) is 0 Å². The molecule has 2 unspecified atom stereocenters. The van der Waals surface area contributed by atoms with E-state index in [1.165, 1.54) is 17.3 Å². The van der Waals surface area contributed by atoms with Crippen LogP contribution in [0, 0.1) is 12.8 Å². The number of carbonyl (C=O) groups excluding carboxylic acids is 1. The average Bonchev–Trinajstić information content (AvgIpc) is 2.94. The fraction of sp³-hybridized carbons (Fsp3) is 0.471. The standard InChI is InChI=1S/C17H24ClN3O/c1-12-3-5-15(18)9-16(12)21-8-7-14(11-21)10-20-17(22)6-4-13(2)19/h3-6,9,13-14H,7-8,10-11,19H2,1-2H3,(H,20,22)/b6-4+. The third kappa shape index (κ3) is 4.75.